The van der Waals surface area contributed by atoms with E-state index in [1.54, 1.807) is 25.2 Å². The summed E-state index contributed by atoms with van der Waals surface area (Å²) < 4.78 is 14.7. The van der Waals surface area contributed by atoms with Gasteiger partial charge in [-0.15, -0.1) is 5.10 Å². The molecule has 1 aliphatic rings. The summed E-state index contributed by atoms with van der Waals surface area (Å²) in [6.07, 6.45) is 5.04. The van der Waals surface area contributed by atoms with E-state index in [9.17, 15) is 14.0 Å². The molecule has 10 heteroatoms. The highest BCUT2D eigenvalue weighted by Gasteiger charge is 2.27. The van der Waals surface area contributed by atoms with E-state index in [0.29, 0.717) is 28.6 Å². The van der Waals surface area contributed by atoms with Crippen molar-refractivity contribution in [1.82, 2.24) is 30.4 Å². The SMILES string of the molecule is CC(=O)c1cc(NC(=O)N[C@@H]2CCCC[C@H]2CN(C)CCc2ccc(F)cc2)cc(-c2nnnn2C)c1. The predicted octanol–water partition coefficient (Wildman–Crippen LogP) is 4.07. The number of benzene rings is 2. The Bertz CT molecular complexity index is 1230. The Morgan fingerprint density at radius 2 is 1.89 bits per heavy atom. The molecule has 1 saturated carbocycles. The van der Waals surface area contributed by atoms with E-state index in [-0.39, 0.29) is 23.7 Å². The number of nitrogens with one attached hydrogen (secondary N) is 2. The van der Waals surface area contributed by atoms with E-state index < -0.39 is 0 Å². The minimum Gasteiger partial charge on any atom is -0.335 e. The fraction of sp³-hybridized carbons (Fsp3) is 0.444. The van der Waals surface area contributed by atoms with Crippen LogP contribution in [0.25, 0.3) is 11.4 Å². The third-order valence-corrected chi connectivity index (χ3v) is 6.94. The van der Waals surface area contributed by atoms with Crippen LogP contribution < -0.4 is 10.6 Å². The first kappa shape index (κ1) is 26.4. The average molecular weight is 508 g/mol. The molecule has 4 rings (SSSR count). The van der Waals surface area contributed by atoms with Gasteiger partial charge >= 0.3 is 6.03 Å². The molecule has 1 aliphatic carbocycles. The summed E-state index contributed by atoms with van der Waals surface area (Å²) >= 11 is 0. The van der Waals surface area contributed by atoms with Crippen molar-refractivity contribution in [2.24, 2.45) is 13.0 Å². The van der Waals surface area contributed by atoms with E-state index in [2.05, 4.69) is 38.1 Å². The Morgan fingerprint density at radius 3 is 2.59 bits per heavy atom. The van der Waals surface area contributed by atoms with E-state index in [1.165, 1.54) is 23.7 Å². The number of tetrazole rings is 1. The highest BCUT2D eigenvalue weighted by Crippen LogP contribution is 2.26. The van der Waals surface area contributed by atoms with Gasteiger partial charge in [0.2, 0.25) is 0 Å². The molecule has 2 atom stereocenters. The Balaban J connectivity index is 1.37. The number of carbonyl (C=O) groups is 2. The number of amides is 2. The Hall–Kier alpha value is -3.66. The number of halogens is 1. The number of hydrogen-bond acceptors (Lipinski definition) is 6. The fourth-order valence-electron chi connectivity index (χ4n) is 4.92. The number of anilines is 1. The predicted molar refractivity (Wildman–Crippen MR) is 140 cm³/mol. The standard InChI is InChI=1S/C27H34FN7O2/c1-18(36)21-14-22(26-31-32-33-35(26)3)16-24(15-21)29-27(37)30-25-7-5-4-6-20(25)17-34(2)13-12-19-8-10-23(28)11-9-19/h8-11,14-16,20,25H,4-7,12-13,17H2,1-3H3,(H2,29,30,37)/t20-,25+/m0/s1. The highest BCUT2D eigenvalue weighted by molar-refractivity contribution is 5.98. The third-order valence-electron chi connectivity index (χ3n) is 6.94. The summed E-state index contributed by atoms with van der Waals surface area (Å²) in [4.78, 5) is 27.4. The number of urea groups is 1. The molecule has 1 heterocycles. The maximum absolute atomic E-state index is 13.2. The molecule has 0 aliphatic heterocycles. The maximum atomic E-state index is 13.2. The Labute approximate surface area is 216 Å². The molecule has 2 amide bonds. The smallest absolute Gasteiger partial charge is 0.319 e. The lowest BCUT2D eigenvalue weighted by molar-refractivity contribution is 0.101. The minimum absolute atomic E-state index is 0.0559. The zero-order valence-electron chi connectivity index (χ0n) is 21.6. The Kier molecular flexibility index (Phi) is 8.60. The van der Waals surface area contributed by atoms with Gasteiger partial charge in [0.1, 0.15) is 5.82 Å². The van der Waals surface area contributed by atoms with Gasteiger partial charge in [-0.25, -0.2) is 13.9 Å². The van der Waals surface area contributed by atoms with Crippen molar-refractivity contribution in [2.75, 3.05) is 25.5 Å². The Morgan fingerprint density at radius 1 is 1.14 bits per heavy atom. The highest BCUT2D eigenvalue weighted by atomic mass is 19.1. The van der Waals surface area contributed by atoms with E-state index in [4.69, 9.17) is 0 Å². The molecule has 1 aromatic heterocycles. The van der Waals surface area contributed by atoms with E-state index >= 15 is 0 Å². The zero-order chi connectivity index (χ0) is 26.4. The molecular formula is C27H34FN7O2. The summed E-state index contributed by atoms with van der Waals surface area (Å²) in [6, 6.07) is 11.5. The monoisotopic (exact) mass is 507 g/mol. The number of rotatable bonds is 9. The van der Waals surface area contributed by atoms with Crippen LogP contribution in [0.15, 0.2) is 42.5 Å². The van der Waals surface area contributed by atoms with Crippen molar-refractivity contribution in [3.8, 4) is 11.4 Å². The number of hydrogen-bond donors (Lipinski definition) is 2. The van der Waals surface area contributed by atoms with Crippen molar-refractivity contribution in [3.05, 3.63) is 59.4 Å². The first-order valence-corrected chi connectivity index (χ1v) is 12.7. The number of aryl methyl sites for hydroxylation is 1. The van der Waals surface area contributed by atoms with Crippen molar-refractivity contribution < 1.29 is 14.0 Å². The molecule has 2 aromatic carbocycles. The number of ketones is 1. The van der Waals surface area contributed by atoms with Gasteiger partial charge in [0.25, 0.3) is 0 Å². The molecule has 0 saturated heterocycles. The van der Waals surface area contributed by atoms with E-state index in [1.807, 2.05) is 12.1 Å². The van der Waals surface area contributed by atoms with Gasteiger partial charge < -0.3 is 15.5 Å². The number of nitrogens with zero attached hydrogens (tertiary/aromatic N) is 5. The van der Waals surface area contributed by atoms with Crippen molar-refractivity contribution in [1.29, 1.82) is 0 Å². The van der Waals surface area contributed by atoms with Crippen LogP contribution in [-0.4, -0.2) is 63.1 Å². The van der Waals surface area contributed by atoms with Crippen LogP contribution in [0.3, 0.4) is 0 Å². The first-order chi connectivity index (χ1) is 17.8. The normalized spacial score (nSPS) is 17.5. The van der Waals surface area contributed by atoms with Crippen molar-refractivity contribution >= 4 is 17.5 Å². The quantitative estimate of drug-likeness (QED) is 0.423. The molecule has 37 heavy (non-hydrogen) atoms. The number of carbonyl (C=O) groups excluding carboxylic acids is 2. The molecule has 196 valence electrons. The summed E-state index contributed by atoms with van der Waals surface area (Å²) in [5.74, 6) is 0.502. The largest absolute Gasteiger partial charge is 0.335 e. The molecule has 0 radical (unpaired) electrons. The maximum Gasteiger partial charge on any atom is 0.319 e. The topological polar surface area (TPSA) is 105 Å². The van der Waals surface area contributed by atoms with Crippen molar-refractivity contribution in [2.45, 2.75) is 45.1 Å². The van der Waals surface area contributed by atoms with Crippen LogP contribution in [0.5, 0.6) is 0 Å². The zero-order valence-corrected chi connectivity index (χ0v) is 21.6. The summed E-state index contributed by atoms with van der Waals surface area (Å²) in [7, 11) is 3.81. The number of likely N-dealkylation sites (N-methyl/N-ethyl adjacent to an activating group) is 1. The van der Waals surface area contributed by atoms with E-state index in [0.717, 1.165) is 50.8 Å². The van der Waals surface area contributed by atoms with Crippen molar-refractivity contribution in [3.63, 3.8) is 0 Å². The summed E-state index contributed by atoms with van der Waals surface area (Å²) in [5, 5.41) is 17.6. The molecule has 9 nitrogen and oxygen atoms in total. The molecule has 0 spiro atoms. The van der Waals surface area contributed by atoms with Gasteiger partial charge in [-0.1, -0.05) is 25.0 Å². The van der Waals surface area contributed by atoms with Crippen LogP contribution in [0.2, 0.25) is 0 Å². The lowest BCUT2D eigenvalue weighted by Gasteiger charge is -2.35. The second-order valence-electron chi connectivity index (χ2n) is 9.87. The summed E-state index contributed by atoms with van der Waals surface area (Å²) in [5.41, 5.74) is 2.73. The van der Waals surface area contributed by atoms with Crippen LogP contribution >= 0.6 is 0 Å². The average Bonchev–Trinajstić information content (AvgIpc) is 3.30. The van der Waals surface area contributed by atoms with Crippen LogP contribution in [0, 0.1) is 11.7 Å². The van der Waals surface area contributed by atoms with Crippen LogP contribution in [0.4, 0.5) is 14.9 Å². The second kappa shape index (κ2) is 12.1. The fourth-order valence-corrected chi connectivity index (χ4v) is 4.92. The number of Topliss-reactive ketones (excluding diaryl/α,β-unsaturated/α-hetero) is 1. The molecule has 0 bridgehead atoms. The molecule has 3 aromatic rings. The first-order valence-electron chi connectivity index (χ1n) is 12.7. The molecule has 0 unspecified atom stereocenters. The van der Waals surface area contributed by atoms with Gasteiger partial charge in [0.05, 0.1) is 0 Å². The number of aromatic nitrogens is 4. The van der Waals surface area contributed by atoms with Crippen LogP contribution in [-0.2, 0) is 13.5 Å². The molecule has 1 fully saturated rings. The summed E-state index contributed by atoms with van der Waals surface area (Å²) in [6.45, 7) is 3.21. The molecular weight excluding hydrogens is 473 g/mol. The third kappa shape index (κ3) is 7.19. The molecule has 2 N–H and O–H groups in total. The van der Waals surface area contributed by atoms with Gasteiger partial charge in [-0.2, -0.15) is 0 Å². The van der Waals surface area contributed by atoms with Gasteiger partial charge in [0, 0.05) is 43.0 Å². The van der Waals surface area contributed by atoms with Crippen LogP contribution in [0.1, 0.15) is 48.5 Å². The van der Waals surface area contributed by atoms with Gasteiger partial charge in [-0.3, -0.25) is 4.79 Å². The van der Waals surface area contributed by atoms with Gasteiger partial charge in [-0.05, 0) is 85.5 Å². The second-order valence-corrected chi connectivity index (χ2v) is 9.87. The lowest BCUT2D eigenvalue weighted by Crippen LogP contribution is -2.47. The minimum atomic E-state index is -0.298. The van der Waals surface area contributed by atoms with Gasteiger partial charge in [0.15, 0.2) is 11.6 Å². The lowest BCUT2D eigenvalue weighted by atomic mass is 9.84.